The minimum Gasteiger partial charge on any atom is -0.354 e. The molecule has 1 N–H and O–H groups in total. The summed E-state index contributed by atoms with van der Waals surface area (Å²) in [6.07, 6.45) is -3.86. The predicted octanol–water partition coefficient (Wildman–Crippen LogP) is 0.855. The highest BCUT2D eigenvalue weighted by atomic mass is 19.4. The number of amides is 1. The first-order valence-electron chi connectivity index (χ1n) is 3.56. The van der Waals surface area contributed by atoms with Gasteiger partial charge in [0.2, 0.25) is 0 Å². The summed E-state index contributed by atoms with van der Waals surface area (Å²) in [5.74, 6) is -0.683. The van der Waals surface area contributed by atoms with Crippen LogP contribution >= 0.6 is 0 Å². The topological polar surface area (TPSA) is 54.9 Å². The van der Waals surface area contributed by atoms with Crippen LogP contribution in [-0.2, 0) is 6.18 Å². The van der Waals surface area contributed by atoms with Crippen molar-refractivity contribution >= 4 is 5.91 Å². The molecule has 0 aliphatic carbocycles. The summed E-state index contributed by atoms with van der Waals surface area (Å²) >= 11 is 0. The fraction of sp³-hybridized carbons (Fsp3) is 0.286. The molecule has 4 nitrogen and oxygen atoms in total. The number of aromatic nitrogens is 2. The van der Waals surface area contributed by atoms with Crippen LogP contribution < -0.4 is 5.32 Å². The van der Waals surface area contributed by atoms with Crippen LogP contribution in [0.4, 0.5) is 13.2 Å². The van der Waals surface area contributed by atoms with Gasteiger partial charge in [0.1, 0.15) is 17.7 Å². The molecule has 1 rings (SSSR count). The normalized spacial score (nSPS) is 11.1. The van der Waals surface area contributed by atoms with Crippen molar-refractivity contribution in [1.29, 1.82) is 0 Å². The minimum absolute atomic E-state index is 0.310. The van der Waals surface area contributed by atoms with Crippen LogP contribution in [0.2, 0.25) is 0 Å². The highest BCUT2D eigenvalue weighted by molar-refractivity contribution is 5.91. The molecule has 0 saturated heterocycles. The van der Waals surface area contributed by atoms with E-state index >= 15 is 0 Å². The van der Waals surface area contributed by atoms with E-state index in [1.54, 1.807) is 0 Å². The van der Waals surface area contributed by atoms with Gasteiger partial charge in [0.25, 0.3) is 5.91 Å². The number of carbonyl (C=O) groups excluding carboxylic acids is 1. The lowest BCUT2D eigenvalue weighted by molar-refractivity contribution is -0.141. The summed E-state index contributed by atoms with van der Waals surface area (Å²) in [4.78, 5) is 17.3. The number of halogens is 3. The molecule has 0 atom stereocenters. The van der Waals surface area contributed by atoms with Crippen molar-refractivity contribution in [2.75, 3.05) is 7.05 Å². The number of nitrogens with one attached hydrogen (secondary N) is 1. The van der Waals surface area contributed by atoms with Crippen LogP contribution in [0, 0.1) is 0 Å². The van der Waals surface area contributed by atoms with Crippen LogP contribution in [0.1, 0.15) is 16.2 Å². The zero-order valence-electron chi connectivity index (χ0n) is 7.09. The Bertz CT molecular complexity index is 350. The van der Waals surface area contributed by atoms with Crippen molar-refractivity contribution in [3.05, 3.63) is 23.8 Å². The molecular formula is C7H6F3N3O. The van der Waals surface area contributed by atoms with Gasteiger partial charge >= 0.3 is 6.18 Å². The number of carbonyl (C=O) groups is 1. The third-order valence-electron chi connectivity index (χ3n) is 1.42. The molecule has 7 heteroatoms. The van der Waals surface area contributed by atoms with E-state index in [1.165, 1.54) is 7.05 Å². The van der Waals surface area contributed by atoms with Gasteiger partial charge in [-0.05, 0) is 0 Å². The van der Waals surface area contributed by atoms with Crippen molar-refractivity contribution < 1.29 is 18.0 Å². The van der Waals surface area contributed by atoms with Crippen molar-refractivity contribution in [1.82, 2.24) is 15.3 Å². The van der Waals surface area contributed by atoms with Crippen molar-refractivity contribution in [3.8, 4) is 0 Å². The molecule has 0 aromatic carbocycles. The number of rotatable bonds is 1. The second-order valence-corrected chi connectivity index (χ2v) is 2.37. The molecule has 0 aliphatic rings. The molecule has 1 heterocycles. The molecule has 1 amide bonds. The molecule has 0 fully saturated rings. The maximum absolute atomic E-state index is 12.1. The van der Waals surface area contributed by atoms with Crippen LogP contribution in [0.15, 0.2) is 12.4 Å². The minimum atomic E-state index is -4.56. The van der Waals surface area contributed by atoms with Gasteiger partial charge in [0, 0.05) is 13.1 Å². The van der Waals surface area contributed by atoms with E-state index in [4.69, 9.17) is 0 Å². The lowest BCUT2D eigenvalue weighted by Crippen LogP contribution is -2.20. The highest BCUT2D eigenvalue weighted by Crippen LogP contribution is 2.27. The Hall–Kier alpha value is -1.66. The Morgan fingerprint density at radius 3 is 2.57 bits per heavy atom. The third-order valence-corrected chi connectivity index (χ3v) is 1.42. The summed E-state index contributed by atoms with van der Waals surface area (Å²) in [6, 6.07) is 0.596. The summed E-state index contributed by atoms with van der Waals surface area (Å²) in [5, 5.41) is 2.16. The fourth-order valence-electron chi connectivity index (χ4n) is 0.765. The van der Waals surface area contributed by atoms with Gasteiger partial charge in [-0.2, -0.15) is 13.2 Å². The van der Waals surface area contributed by atoms with Gasteiger partial charge in [0.15, 0.2) is 0 Å². The Balaban J connectivity index is 3.08. The van der Waals surface area contributed by atoms with Crippen molar-refractivity contribution in [2.24, 2.45) is 0 Å². The van der Waals surface area contributed by atoms with Crippen LogP contribution in [0.3, 0.4) is 0 Å². The van der Waals surface area contributed by atoms with Gasteiger partial charge in [-0.3, -0.25) is 4.79 Å². The standard InChI is InChI=1S/C7H6F3N3O/c1-11-6(14)4-2-5(7(8,9)10)13-3-12-4/h2-3H,1H3,(H,11,14). The second-order valence-electron chi connectivity index (χ2n) is 2.37. The number of nitrogens with zero attached hydrogens (tertiary/aromatic N) is 2. The van der Waals surface area contributed by atoms with E-state index in [1.807, 2.05) is 0 Å². The van der Waals surface area contributed by atoms with E-state index in [2.05, 4.69) is 15.3 Å². The lowest BCUT2D eigenvalue weighted by Gasteiger charge is -2.05. The smallest absolute Gasteiger partial charge is 0.354 e. The molecule has 1 aromatic heterocycles. The van der Waals surface area contributed by atoms with E-state index in [0.29, 0.717) is 12.4 Å². The Morgan fingerprint density at radius 2 is 2.07 bits per heavy atom. The zero-order chi connectivity index (χ0) is 10.8. The summed E-state index contributed by atoms with van der Waals surface area (Å²) in [7, 11) is 1.30. The third kappa shape index (κ3) is 2.18. The summed E-state index contributed by atoms with van der Waals surface area (Å²) in [5.41, 5.74) is -1.44. The molecular weight excluding hydrogens is 199 g/mol. The van der Waals surface area contributed by atoms with Crippen LogP contribution in [-0.4, -0.2) is 22.9 Å². The van der Waals surface area contributed by atoms with E-state index < -0.39 is 17.8 Å². The lowest BCUT2D eigenvalue weighted by atomic mass is 10.3. The quantitative estimate of drug-likeness (QED) is 0.739. The molecule has 76 valence electrons. The SMILES string of the molecule is CNC(=O)c1cc(C(F)(F)F)ncn1. The fourth-order valence-corrected chi connectivity index (χ4v) is 0.765. The van der Waals surface area contributed by atoms with Gasteiger partial charge in [-0.1, -0.05) is 0 Å². The van der Waals surface area contributed by atoms with Crippen molar-refractivity contribution in [3.63, 3.8) is 0 Å². The van der Waals surface area contributed by atoms with Gasteiger partial charge in [0.05, 0.1) is 0 Å². The predicted molar refractivity (Wildman–Crippen MR) is 40.4 cm³/mol. The van der Waals surface area contributed by atoms with E-state index in [-0.39, 0.29) is 5.69 Å². The first-order chi connectivity index (χ1) is 6.45. The highest BCUT2D eigenvalue weighted by Gasteiger charge is 2.33. The van der Waals surface area contributed by atoms with E-state index in [9.17, 15) is 18.0 Å². The average Bonchev–Trinajstić information content (AvgIpc) is 2.15. The molecule has 0 unspecified atom stereocenters. The van der Waals surface area contributed by atoms with Crippen LogP contribution in [0.25, 0.3) is 0 Å². The molecule has 0 radical (unpaired) electrons. The maximum atomic E-state index is 12.1. The molecule has 0 aliphatic heterocycles. The van der Waals surface area contributed by atoms with Gasteiger partial charge < -0.3 is 5.32 Å². The number of hydrogen-bond donors (Lipinski definition) is 1. The molecule has 14 heavy (non-hydrogen) atoms. The monoisotopic (exact) mass is 205 g/mol. The van der Waals surface area contributed by atoms with Crippen molar-refractivity contribution in [2.45, 2.75) is 6.18 Å². The Kier molecular flexibility index (Phi) is 2.68. The van der Waals surface area contributed by atoms with Gasteiger partial charge in [-0.15, -0.1) is 0 Å². The molecule has 0 bridgehead atoms. The zero-order valence-corrected chi connectivity index (χ0v) is 7.09. The average molecular weight is 205 g/mol. The first-order valence-corrected chi connectivity index (χ1v) is 3.56. The van der Waals surface area contributed by atoms with Crippen LogP contribution in [0.5, 0.6) is 0 Å². The molecule has 1 aromatic rings. The number of alkyl halides is 3. The maximum Gasteiger partial charge on any atom is 0.433 e. The largest absolute Gasteiger partial charge is 0.433 e. The van der Waals surface area contributed by atoms with Gasteiger partial charge in [-0.25, -0.2) is 9.97 Å². The second kappa shape index (κ2) is 3.60. The summed E-state index contributed by atoms with van der Waals surface area (Å²) in [6.45, 7) is 0. The van der Waals surface area contributed by atoms with E-state index in [0.717, 1.165) is 0 Å². The molecule has 0 spiro atoms. The summed E-state index contributed by atoms with van der Waals surface area (Å²) < 4.78 is 36.3. The number of hydrogen-bond acceptors (Lipinski definition) is 3. The Labute approximate surface area is 77.2 Å². The molecule has 0 saturated carbocycles. The first kappa shape index (κ1) is 10.4. The Morgan fingerprint density at radius 1 is 1.43 bits per heavy atom.